The fourth-order valence-electron chi connectivity index (χ4n) is 1.46. The summed E-state index contributed by atoms with van der Waals surface area (Å²) in [7, 11) is 0. The lowest BCUT2D eigenvalue weighted by atomic mass is 10.2. The highest BCUT2D eigenvalue weighted by molar-refractivity contribution is 9.10. The van der Waals surface area contributed by atoms with Crippen LogP contribution in [-0.2, 0) is 0 Å². The van der Waals surface area contributed by atoms with Gasteiger partial charge < -0.3 is 5.11 Å². The second-order valence-corrected chi connectivity index (χ2v) is 4.79. The van der Waals surface area contributed by atoms with Gasteiger partial charge in [0.2, 0.25) is 0 Å². The highest BCUT2D eigenvalue weighted by Gasteiger charge is 2.03. The first kappa shape index (κ1) is 14.0. The van der Waals surface area contributed by atoms with Crippen LogP contribution in [0.5, 0.6) is 5.75 Å². The van der Waals surface area contributed by atoms with Crippen LogP contribution in [0, 0.1) is 10.1 Å². The van der Waals surface area contributed by atoms with E-state index in [-0.39, 0.29) is 11.4 Å². The number of nitrogens with zero attached hydrogens (tertiary/aromatic N) is 2. The van der Waals surface area contributed by atoms with Crippen molar-refractivity contribution in [3.05, 3.63) is 62.6 Å². The van der Waals surface area contributed by atoms with Crippen LogP contribution in [0.3, 0.4) is 0 Å². The Balaban J connectivity index is 2.04. The van der Waals surface area contributed by atoms with Crippen molar-refractivity contribution >= 4 is 33.5 Å². The average Bonchev–Trinajstić information content (AvgIpc) is 2.42. The third-order valence-corrected chi connectivity index (χ3v) is 2.96. The highest BCUT2D eigenvalue weighted by atomic mass is 79.9. The number of benzene rings is 2. The van der Waals surface area contributed by atoms with Crippen molar-refractivity contribution in [2.45, 2.75) is 0 Å². The summed E-state index contributed by atoms with van der Waals surface area (Å²) in [4.78, 5) is 10.0. The van der Waals surface area contributed by atoms with Crippen molar-refractivity contribution in [1.29, 1.82) is 0 Å². The number of nitro benzene ring substituents is 1. The number of hydrogen-bond acceptors (Lipinski definition) is 5. The highest BCUT2D eigenvalue weighted by Crippen LogP contribution is 2.21. The Labute approximate surface area is 123 Å². The third kappa shape index (κ3) is 3.55. The van der Waals surface area contributed by atoms with Crippen molar-refractivity contribution < 1.29 is 10.0 Å². The van der Waals surface area contributed by atoms with Crippen LogP contribution in [-0.4, -0.2) is 16.2 Å². The number of hydrogen-bond donors (Lipinski definition) is 2. The summed E-state index contributed by atoms with van der Waals surface area (Å²) in [5, 5.41) is 24.1. The molecule has 0 saturated heterocycles. The van der Waals surface area contributed by atoms with Gasteiger partial charge in [-0.2, -0.15) is 5.10 Å². The summed E-state index contributed by atoms with van der Waals surface area (Å²) in [5.41, 5.74) is 3.92. The molecule has 6 nitrogen and oxygen atoms in total. The topological polar surface area (TPSA) is 87.8 Å². The van der Waals surface area contributed by atoms with Crippen molar-refractivity contribution in [3.8, 4) is 5.75 Å². The summed E-state index contributed by atoms with van der Waals surface area (Å²) < 4.78 is 0.774. The van der Waals surface area contributed by atoms with Gasteiger partial charge in [0, 0.05) is 22.2 Å². The van der Waals surface area contributed by atoms with E-state index in [1.807, 2.05) is 0 Å². The maximum absolute atomic E-state index is 10.5. The molecule has 0 atom stereocenters. The molecule has 0 saturated carbocycles. The molecule has 7 heteroatoms. The zero-order chi connectivity index (χ0) is 14.5. The number of phenols is 1. The number of rotatable bonds is 4. The number of aromatic hydroxyl groups is 1. The monoisotopic (exact) mass is 335 g/mol. The van der Waals surface area contributed by atoms with Gasteiger partial charge in [-0.25, -0.2) is 0 Å². The second kappa shape index (κ2) is 6.16. The van der Waals surface area contributed by atoms with Crippen LogP contribution in [0.2, 0.25) is 0 Å². The zero-order valence-corrected chi connectivity index (χ0v) is 11.7. The molecule has 0 unspecified atom stereocenters. The average molecular weight is 336 g/mol. The van der Waals surface area contributed by atoms with Gasteiger partial charge in [0.1, 0.15) is 5.75 Å². The first-order chi connectivity index (χ1) is 9.56. The van der Waals surface area contributed by atoms with E-state index in [1.165, 1.54) is 18.3 Å². The predicted octanol–water partition coefficient (Wildman–Crippen LogP) is 3.51. The fraction of sp³-hybridized carbons (Fsp3) is 0. The number of phenolic OH excluding ortho intramolecular Hbond substituents is 1. The summed E-state index contributed by atoms with van der Waals surface area (Å²) in [5.74, 6) is 0.105. The molecular weight excluding hydrogens is 326 g/mol. The summed E-state index contributed by atoms with van der Waals surface area (Å²) in [6.07, 6.45) is 1.46. The molecule has 2 aromatic rings. The predicted molar refractivity (Wildman–Crippen MR) is 80.1 cm³/mol. The Morgan fingerprint density at radius 1 is 1.25 bits per heavy atom. The van der Waals surface area contributed by atoms with Crippen LogP contribution >= 0.6 is 15.9 Å². The molecular formula is C13H10BrN3O3. The Bertz CT molecular complexity index is 656. The number of halogens is 1. The smallest absolute Gasteiger partial charge is 0.269 e. The minimum atomic E-state index is -0.465. The molecule has 0 radical (unpaired) electrons. The maximum Gasteiger partial charge on any atom is 0.269 e. The Kier molecular flexibility index (Phi) is 4.31. The largest absolute Gasteiger partial charge is 0.507 e. The lowest BCUT2D eigenvalue weighted by Gasteiger charge is -2.01. The summed E-state index contributed by atoms with van der Waals surface area (Å²) >= 11 is 3.24. The van der Waals surface area contributed by atoms with E-state index < -0.39 is 4.92 Å². The molecule has 0 aliphatic rings. The van der Waals surface area contributed by atoms with E-state index in [4.69, 9.17) is 0 Å². The number of anilines is 1. The van der Waals surface area contributed by atoms with Gasteiger partial charge in [0.15, 0.2) is 0 Å². The number of nitrogens with one attached hydrogen (secondary N) is 1. The molecule has 0 aromatic heterocycles. The number of non-ortho nitro benzene ring substituents is 1. The van der Waals surface area contributed by atoms with Gasteiger partial charge >= 0.3 is 0 Å². The van der Waals surface area contributed by atoms with E-state index in [1.54, 1.807) is 30.3 Å². The molecule has 0 heterocycles. The normalized spacial score (nSPS) is 10.7. The quantitative estimate of drug-likeness (QED) is 0.508. The zero-order valence-electron chi connectivity index (χ0n) is 10.2. The Morgan fingerprint density at radius 3 is 2.55 bits per heavy atom. The molecule has 102 valence electrons. The third-order valence-electron chi connectivity index (χ3n) is 2.47. The summed E-state index contributed by atoms with van der Waals surface area (Å²) in [6, 6.07) is 10.9. The van der Waals surface area contributed by atoms with E-state index in [2.05, 4.69) is 26.5 Å². The maximum atomic E-state index is 10.5. The molecule has 20 heavy (non-hydrogen) atoms. The van der Waals surface area contributed by atoms with Crippen LogP contribution in [0.1, 0.15) is 5.56 Å². The van der Waals surface area contributed by atoms with Crippen molar-refractivity contribution in [3.63, 3.8) is 0 Å². The summed E-state index contributed by atoms with van der Waals surface area (Å²) in [6.45, 7) is 0. The first-order valence-electron chi connectivity index (χ1n) is 5.58. The molecule has 2 aromatic carbocycles. The molecule has 0 fully saturated rings. The van der Waals surface area contributed by atoms with Gasteiger partial charge in [-0.1, -0.05) is 15.9 Å². The van der Waals surface area contributed by atoms with Crippen LogP contribution < -0.4 is 5.43 Å². The molecule has 0 aliphatic heterocycles. The Morgan fingerprint density at radius 2 is 1.95 bits per heavy atom. The Hall–Kier alpha value is -2.41. The molecule has 2 N–H and O–H groups in total. The van der Waals surface area contributed by atoms with Crippen molar-refractivity contribution in [2.24, 2.45) is 5.10 Å². The molecule has 2 rings (SSSR count). The minimum Gasteiger partial charge on any atom is -0.507 e. The van der Waals surface area contributed by atoms with Gasteiger partial charge in [-0.15, -0.1) is 0 Å². The van der Waals surface area contributed by atoms with Crippen LogP contribution in [0.15, 0.2) is 52.0 Å². The van der Waals surface area contributed by atoms with Crippen LogP contribution in [0.25, 0.3) is 0 Å². The molecule has 0 spiro atoms. The van der Waals surface area contributed by atoms with Gasteiger partial charge in [-0.3, -0.25) is 15.5 Å². The van der Waals surface area contributed by atoms with E-state index in [9.17, 15) is 15.2 Å². The standard InChI is InChI=1S/C13H10BrN3O3/c14-10-2-1-9(13(18)7-10)8-15-16-11-3-5-12(6-4-11)17(19)20/h1-8,16,18H/b15-8-. The number of hydrazone groups is 1. The van der Waals surface area contributed by atoms with E-state index >= 15 is 0 Å². The first-order valence-corrected chi connectivity index (χ1v) is 6.37. The van der Waals surface area contributed by atoms with E-state index in [0.717, 1.165) is 4.47 Å². The van der Waals surface area contributed by atoms with Crippen molar-refractivity contribution in [1.82, 2.24) is 0 Å². The van der Waals surface area contributed by atoms with Gasteiger partial charge in [0.05, 0.1) is 16.8 Å². The van der Waals surface area contributed by atoms with Gasteiger partial charge in [0.25, 0.3) is 5.69 Å². The number of nitro groups is 1. The van der Waals surface area contributed by atoms with E-state index in [0.29, 0.717) is 11.3 Å². The lowest BCUT2D eigenvalue weighted by molar-refractivity contribution is -0.384. The lowest BCUT2D eigenvalue weighted by Crippen LogP contribution is -1.92. The minimum absolute atomic E-state index is 0.0186. The second-order valence-electron chi connectivity index (χ2n) is 3.88. The SMILES string of the molecule is O=[N+]([O-])c1ccc(N/N=C\c2ccc(Br)cc2O)cc1. The van der Waals surface area contributed by atoms with Crippen molar-refractivity contribution in [2.75, 3.05) is 5.43 Å². The fourth-order valence-corrected chi connectivity index (χ4v) is 1.81. The van der Waals surface area contributed by atoms with Crippen LogP contribution in [0.4, 0.5) is 11.4 Å². The molecule has 0 bridgehead atoms. The molecule has 0 amide bonds. The van der Waals surface area contributed by atoms with Gasteiger partial charge in [-0.05, 0) is 30.3 Å². The molecule has 0 aliphatic carbocycles.